The molecule has 0 aromatic rings. The van der Waals surface area contributed by atoms with Gasteiger partial charge in [-0.1, -0.05) is 19.8 Å². The molecule has 2 aliphatic rings. The molecule has 1 heterocycles. The molecule has 1 saturated carbocycles. The van der Waals surface area contributed by atoms with Gasteiger partial charge in [0.2, 0.25) is 5.91 Å². The lowest BCUT2D eigenvalue weighted by Gasteiger charge is -2.29. The third-order valence-corrected chi connectivity index (χ3v) is 4.48. The highest BCUT2D eigenvalue weighted by atomic mass is 35.5. The fourth-order valence-corrected chi connectivity index (χ4v) is 3.14. The zero-order chi connectivity index (χ0) is 13.5. The van der Waals surface area contributed by atoms with Crippen molar-refractivity contribution >= 4 is 18.3 Å². The Hall–Kier alpha value is -0.320. The first-order chi connectivity index (χ1) is 9.27. The Kier molecular flexibility index (Phi) is 8.50. The molecule has 2 N–H and O–H groups in total. The minimum absolute atomic E-state index is 0. The van der Waals surface area contributed by atoms with E-state index in [0.717, 1.165) is 25.9 Å². The van der Waals surface area contributed by atoms with Crippen LogP contribution in [0.25, 0.3) is 0 Å². The van der Waals surface area contributed by atoms with E-state index in [1.54, 1.807) is 0 Å². The predicted octanol–water partition coefficient (Wildman–Crippen LogP) is 2.12. The van der Waals surface area contributed by atoms with Crippen molar-refractivity contribution in [1.29, 1.82) is 0 Å². The molecule has 2 fully saturated rings. The fourth-order valence-electron chi connectivity index (χ4n) is 3.14. The van der Waals surface area contributed by atoms with Crippen molar-refractivity contribution < 1.29 is 9.53 Å². The molecule has 20 heavy (non-hydrogen) atoms. The highest BCUT2D eigenvalue weighted by molar-refractivity contribution is 5.85. The average Bonchev–Trinajstić information content (AvgIpc) is 2.46. The van der Waals surface area contributed by atoms with E-state index in [4.69, 9.17) is 4.74 Å². The molecule has 1 aliphatic heterocycles. The Morgan fingerprint density at radius 2 is 1.90 bits per heavy atom. The quantitative estimate of drug-likeness (QED) is 0.765. The largest absolute Gasteiger partial charge is 0.376 e. The standard InChI is InChI=1S/C15H28N2O2.ClH/c1-12-4-2-3-5-14(12)19-11-10-17-15(18)13-6-8-16-9-7-13;/h12-14,16H,2-11H2,1H3,(H,17,18);1H. The van der Waals surface area contributed by atoms with Crippen molar-refractivity contribution in [3.63, 3.8) is 0 Å². The summed E-state index contributed by atoms with van der Waals surface area (Å²) in [6.07, 6.45) is 7.43. The summed E-state index contributed by atoms with van der Waals surface area (Å²) < 4.78 is 5.91. The Labute approximate surface area is 128 Å². The van der Waals surface area contributed by atoms with Crippen molar-refractivity contribution in [1.82, 2.24) is 10.6 Å². The van der Waals surface area contributed by atoms with Crippen LogP contribution < -0.4 is 10.6 Å². The van der Waals surface area contributed by atoms with E-state index in [0.29, 0.717) is 25.2 Å². The molecule has 118 valence electrons. The zero-order valence-electron chi connectivity index (χ0n) is 12.5. The van der Waals surface area contributed by atoms with Gasteiger partial charge < -0.3 is 15.4 Å². The molecule has 5 heteroatoms. The van der Waals surface area contributed by atoms with Gasteiger partial charge in [0, 0.05) is 12.5 Å². The molecule has 2 atom stereocenters. The smallest absolute Gasteiger partial charge is 0.223 e. The number of amides is 1. The minimum Gasteiger partial charge on any atom is -0.376 e. The molecule has 2 rings (SSSR count). The summed E-state index contributed by atoms with van der Waals surface area (Å²) in [6, 6.07) is 0. The third kappa shape index (κ3) is 5.58. The van der Waals surface area contributed by atoms with E-state index in [1.807, 2.05) is 0 Å². The molecule has 0 spiro atoms. The van der Waals surface area contributed by atoms with Gasteiger partial charge in [-0.3, -0.25) is 4.79 Å². The van der Waals surface area contributed by atoms with Crippen molar-refractivity contribution in [2.45, 2.75) is 51.6 Å². The summed E-state index contributed by atoms with van der Waals surface area (Å²) in [5, 5.41) is 6.30. The molecular formula is C15H29ClN2O2. The summed E-state index contributed by atoms with van der Waals surface area (Å²) in [5.74, 6) is 1.09. The number of hydrogen-bond donors (Lipinski definition) is 2. The Bertz CT molecular complexity index is 283. The second kappa shape index (κ2) is 9.59. The van der Waals surface area contributed by atoms with E-state index in [-0.39, 0.29) is 24.2 Å². The number of nitrogens with one attached hydrogen (secondary N) is 2. The number of carbonyl (C=O) groups excluding carboxylic acids is 1. The van der Waals surface area contributed by atoms with Gasteiger partial charge in [-0.05, 0) is 44.7 Å². The number of rotatable bonds is 5. The van der Waals surface area contributed by atoms with E-state index in [9.17, 15) is 4.79 Å². The first-order valence-corrected chi connectivity index (χ1v) is 7.87. The Balaban J connectivity index is 0.00000200. The van der Waals surface area contributed by atoms with E-state index < -0.39 is 0 Å². The van der Waals surface area contributed by atoms with Crippen molar-refractivity contribution in [3.05, 3.63) is 0 Å². The topological polar surface area (TPSA) is 50.4 Å². The van der Waals surface area contributed by atoms with E-state index in [1.165, 1.54) is 25.7 Å². The van der Waals surface area contributed by atoms with Crippen molar-refractivity contribution in [3.8, 4) is 0 Å². The predicted molar refractivity (Wildman–Crippen MR) is 83.2 cm³/mol. The lowest BCUT2D eigenvalue weighted by Crippen LogP contribution is -2.39. The summed E-state index contributed by atoms with van der Waals surface area (Å²) in [7, 11) is 0. The van der Waals surface area contributed by atoms with Crippen LogP contribution >= 0.6 is 12.4 Å². The van der Waals surface area contributed by atoms with Crippen molar-refractivity contribution in [2.75, 3.05) is 26.2 Å². The second-order valence-corrected chi connectivity index (χ2v) is 5.99. The molecule has 0 aromatic carbocycles. The summed E-state index contributed by atoms with van der Waals surface area (Å²) >= 11 is 0. The molecular weight excluding hydrogens is 276 g/mol. The van der Waals surface area contributed by atoms with Gasteiger partial charge in [-0.25, -0.2) is 0 Å². The van der Waals surface area contributed by atoms with Crippen LogP contribution in [-0.2, 0) is 9.53 Å². The van der Waals surface area contributed by atoms with E-state index >= 15 is 0 Å². The van der Waals surface area contributed by atoms with Gasteiger partial charge in [0.05, 0.1) is 12.7 Å². The zero-order valence-corrected chi connectivity index (χ0v) is 13.3. The van der Waals surface area contributed by atoms with Gasteiger partial charge in [0.1, 0.15) is 0 Å². The van der Waals surface area contributed by atoms with E-state index in [2.05, 4.69) is 17.6 Å². The fraction of sp³-hybridized carbons (Fsp3) is 0.933. The van der Waals surface area contributed by atoms with Crippen LogP contribution in [0.2, 0.25) is 0 Å². The highest BCUT2D eigenvalue weighted by Gasteiger charge is 2.22. The summed E-state index contributed by atoms with van der Waals surface area (Å²) in [5.41, 5.74) is 0. The first-order valence-electron chi connectivity index (χ1n) is 7.87. The van der Waals surface area contributed by atoms with Gasteiger partial charge in [-0.2, -0.15) is 0 Å². The van der Waals surface area contributed by atoms with Crippen LogP contribution in [0.1, 0.15) is 45.4 Å². The molecule has 4 nitrogen and oxygen atoms in total. The Morgan fingerprint density at radius 3 is 2.60 bits per heavy atom. The maximum atomic E-state index is 11.9. The van der Waals surface area contributed by atoms with Gasteiger partial charge in [0.25, 0.3) is 0 Å². The first kappa shape index (κ1) is 17.7. The third-order valence-electron chi connectivity index (χ3n) is 4.48. The SMILES string of the molecule is CC1CCCCC1OCCNC(=O)C1CCNCC1.Cl. The van der Waals surface area contributed by atoms with Crippen LogP contribution in [0.4, 0.5) is 0 Å². The second-order valence-electron chi connectivity index (χ2n) is 5.99. The molecule has 1 saturated heterocycles. The molecule has 0 bridgehead atoms. The Morgan fingerprint density at radius 1 is 1.20 bits per heavy atom. The number of ether oxygens (including phenoxy) is 1. The molecule has 0 radical (unpaired) electrons. The molecule has 1 amide bonds. The van der Waals surface area contributed by atoms with Crippen LogP contribution in [0.15, 0.2) is 0 Å². The van der Waals surface area contributed by atoms with Crippen LogP contribution in [-0.4, -0.2) is 38.3 Å². The van der Waals surface area contributed by atoms with Crippen molar-refractivity contribution in [2.24, 2.45) is 11.8 Å². The summed E-state index contributed by atoms with van der Waals surface area (Å²) in [4.78, 5) is 11.9. The number of piperidine rings is 1. The monoisotopic (exact) mass is 304 g/mol. The molecule has 0 aromatic heterocycles. The minimum atomic E-state index is 0. The number of halogens is 1. The highest BCUT2D eigenvalue weighted by Crippen LogP contribution is 2.25. The molecule has 2 unspecified atom stereocenters. The normalized spacial score (nSPS) is 27.6. The van der Waals surface area contributed by atoms with Crippen LogP contribution in [0, 0.1) is 11.8 Å². The van der Waals surface area contributed by atoms with Gasteiger partial charge in [0.15, 0.2) is 0 Å². The summed E-state index contributed by atoms with van der Waals surface area (Å²) in [6.45, 7) is 5.53. The van der Waals surface area contributed by atoms with Crippen LogP contribution in [0.5, 0.6) is 0 Å². The number of carbonyl (C=O) groups is 1. The lowest BCUT2D eigenvalue weighted by molar-refractivity contribution is -0.126. The maximum absolute atomic E-state index is 11.9. The number of hydrogen-bond acceptors (Lipinski definition) is 3. The molecule has 1 aliphatic carbocycles. The van der Waals surface area contributed by atoms with Gasteiger partial charge in [-0.15, -0.1) is 12.4 Å². The lowest BCUT2D eigenvalue weighted by atomic mass is 9.88. The maximum Gasteiger partial charge on any atom is 0.223 e. The van der Waals surface area contributed by atoms with Crippen LogP contribution in [0.3, 0.4) is 0 Å². The average molecular weight is 305 g/mol. The van der Waals surface area contributed by atoms with Gasteiger partial charge >= 0.3 is 0 Å².